The Kier molecular flexibility index (Phi) is 4.23. The number of aromatic nitrogens is 2. The maximum atomic E-state index is 13.0. The smallest absolute Gasteiger partial charge is 0.272 e. The van der Waals surface area contributed by atoms with E-state index in [1.807, 2.05) is 36.9 Å². The number of nitrogens with two attached hydrogens (primary N) is 1. The third-order valence-electron chi connectivity index (χ3n) is 8.22. The van der Waals surface area contributed by atoms with Crippen molar-refractivity contribution in [2.75, 3.05) is 11.1 Å². The largest absolute Gasteiger partial charge is 0.384 e. The fourth-order valence-electron chi connectivity index (χ4n) is 6.17. The maximum Gasteiger partial charge on any atom is 0.272 e. The van der Waals surface area contributed by atoms with Crippen LogP contribution in [-0.4, -0.2) is 38.2 Å². The molecule has 5 heterocycles. The van der Waals surface area contributed by atoms with E-state index in [0.717, 1.165) is 33.6 Å². The molecule has 0 spiro atoms. The molecule has 182 valence electrons. The standard InChI is InChI=1S/C27H26N6O3/c1-12-5-20(28)30-13(2)17(12)8-29-25(34)16-7-19-26(35)31-18-6-14(3-4-15(18)10-32(19)11-16)9-33-24-21-22(24)23(21)27(33)36/h3-7,11,21-24H,8-10H2,1-2H3,(H2,28,30)(H,29,34)(H,31,35). The number of fused-ring (bicyclic) bond motifs is 3. The van der Waals surface area contributed by atoms with Gasteiger partial charge in [-0.15, -0.1) is 0 Å². The van der Waals surface area contributed by atoms with E-state index in [1.165, 1.54) is 0 Å². The molecule has 2 aromatic heterocycles. The number of anilines is 2. The molecule has 4 fully saturated rings. The van der Waals surface area contributed by atoms with E-state index in [0.29, 0.717) is 60.5 Å². The van der Waals surface area contributed by atoms with Gasteiger partial charge in [-0.2, -0.15) is 0 Å². The predicted octanol–water partition coefficient (Wildman–Crippen LogP) is 2.21. The quantitative estimate of drug-likeness (QED) is 0.515. The highest BCUT2D eigenvalue weighted by Gasteiger charge is 2.84. The Morgan fingerprint density at radius 2 is 2.00 bits per heavy atom. The normalized spacial score (nSPS) is 24.4. The molecule has 2 saturated heterocycles. The number of nitrogen functional groups attached to an aromatic ring is 1. The summed E-state index contributed by atoms with van der Waals surface area (Å²) in [4.78, 5) is 44.6. The van der Waals surface area contributed by atoms with Crippen LogP contribution in [0.5, 0.6) is 0 Å². The molecule has 2 bridgehead atoms. The minimum Gasteiger partial charge on any atom is -0.384 e. The van der Waals surface area contributed by atoms with Gasteiger partial charge in [0.15, 0.2) is 0 Å². The van der Waals surface area contributed by atoms with Crippen molar-refractivity contribution in [3.63, 3.8) is 0 Å². The molecular formula is C27H26N6O3. The molecule has 8 rings (SSSR count). The molecule has 2 aliphatic carbocycles. The van der Waals surface area contributed by atoms with E-state index in [1.54, 1.807) is 22.9 Å². The van der Waals surface area contributed by atoms with Crippen molar-refractivity contribution in [1.82, 2.24) is 19.8 Å². The van der Waals surface area contributed by atoms with Crippen LogP contribution in [0.3, 0.4) is 0 Å². The van der Waals surface area contributed by atoms with Crippen molar-refractivity contribution in [2.45, 2.75) is 39.5 Å². The van der Waals surface area contributed by atoms with Gasteiger partial charge in [0.2, 0.25) is 5.91 Å². The number of piperidine rings is 1. The lowest BCUT2D eigenvalue weighted by Crippen LogP contribution is -2.25. The summed E-state index contributed by atoms with van der Waals surface area (Å²) in [5.74, 6) is 1.75. The molecule has 2 atom stereocenters. The van der Waals surface area contributed by atoms with Gasteiger partial charge in [-0.25, -0.2) is 4.98 Å². The number of nitrogens with one attached hydrogen (secondary N) is 2. The van der Waals surface area contributed by atoms with Crippen LogP contribution in [0.25, 0.3) is 0 Å². The summed E-state index contributed by atoms with van der Waals surface area (Å²) in [6, 6.07) is 9.85. The van der Waals surface area contributed by atoms with Crippen LogP contribution in [0.15, 0.2) is 36.5 Å². The molecule has 4 N–H and O–H groups in total. The molecule has 2 unspecified atom stereocenters. The first kappa shape index (κ1) is 21.2. The number of aryl methyl sites for hydroxylation is 2. The second-order valence-electron chi connectivity index (χ2n) is 10.4. The molecule has 3 amide bonds. The van der Waals surface area contributed by atoms with Crippen LogP contribution < -0.4 is 16.4 Å². The van der Waals surface area contributed by atoms with Crippen LogP contribution in [0.1, 0.15) is 48.8 Å². The SMILES string of the molecule is Cc1cc(N)nc(C)c1CNC(=O)c1cc2n(c1)Cc1ccc(CN3C(=O)C4C5C4C53)cc1NC2=O. The third-order valence-corrected chi connectivity index (χ3v) is 8.22. The summed E-state index contributed by atoms with van der Waals surface area (Å²) in [7, 11) is 0. The van der Waals surface area contributed by atoms with E-state index in [4.69, 9.17) is 5.73 Å². The highest BCUT2D eigenvalue weighted by molar-refractivity contribution is 6.06. The molecule has 3 aliphatic heterocycles. The van der Waals surface area contributed by atoms with Crippen molar-refractivity contribution < 1.29 is 14.4 Å². The number of pyridine rings is 1. The predicted molar refractivity (Wildman–Crippen MR) is 132 cm³/mol. The van der Waals surface area contributed by atoms with Crippen LogP contribution in [0, 0.1) is 31.6 Å². The molecule has 1 aromatic carbocycles. The van der Waals surface area contributed by atoms with Gasteiger partial charge in [-0.05, 0) is 66.1 Å². The van der Waals surface area contributed by atoms with Crippen LogP contribution in [0.4, 0.5) is 11.5 Å². The highest BCUT2D eigenvalue weighted by Crippen LogP contribution is 2.76. The fourth-order valence-corrected chi connectivity index (χ4v) is 6.17. The number of hydrogen-bond acceptors (Lipinski definition) is 5. The van der Waals surface area contributed by atoms with Gasteiger partial charge in [0.1, 0.15) is 11.5 Å². The molecule has 9 heteroatoms. The van der Waals surface area contributed by atoms with Gasteiger partial charge >= 0.3 is 0 Å². The minimum absolute atomic E-state index is 0.259. The monoisotopic (exact) mass is 482 g/mol. The number of carbonyl (C=O) groups is 3. The van der Waals surface area contributed by atoms with E-state index >= 15 is 0 Å². The molecule has 2 saturated carbocycles. The first-order chi connectivity index (χ1) is 17.3. The first-order valence-electron chi connectivity index (χ1n) is 12.2. The summed E-state index contributed by atoms with van der Waals surface area (Å²) in [5, 5.41) is 5.93. The maximum absolute atomic E-state index is 13.0. The van der Waals surface area contributed by atoms with Gasteiger partial charge in [-0.3, -0.25) is 14.4 Å². The lowest BCUT2D eigenvalue weighted by atomic mass is 10.1. The number of amides is 3. The molecule has 0 radical (unpaired) electrons. The molecule has 3 aromatic rings. The fraction of sp³-hybridized carbons (Fsp3) is 0.333. The van der Waals surface area contributed by atoms with Gasteiger partial charge in [-0.1, -0.05) is 12.1 Å². The van der Waals surface area contributed by atoms with Gasteiger partial charge < -0.3 is 25.8 Å². The lowest BCUT2D eigenvalue weighted by Gasteiger charge is -2.17. The number of nitrogens with zero attached hydrogens (tertiary/aromatic N) is 3. The average Bonchev–Trinajstić information content (AvgIpc) is 3.62. The number of benzene rings is 1. The van der Waals surface area contributed by atoms with Crippen LogP contribution >= 0.6 is 0 Å². The van der Waals surface area contributed by atoms with Crippen molar-refractivity contribution in [2.24, 2.45) is 17.8 Å². The Bertz CT molecular complexity index is 1470. The zero-order valence-electron chi connectivity index (χ0n) is 20.0. The summed E-state index contributed by atoms with van der Waals surface area (Å²) in [6.45, 7) is 5.19. The Balaban J connectivity index is 1.07. The Morgan fingerprint density at radius 1 is 1.19 bits per heavy atom. The summed E-state index contributed by atoms with van der Waals surface area (Å²) < 4.78 is 1.80. The summed E-state index contributed by atoms with van der Waals surface area (Å²) in [6.07, 6.45) is 1.72. The number of hydrogen-bond donors (Lipinski definition) is 3. The Labute approximate surface area is 207 Å². The van der Waals surface area contributed by atoms with E-state index in [2.05, 4.69) is 15.6 Å². The third kappa shape index (κ3) is 3.08. The van der Waals surface area contributed by atoms with Crippen molar-refractivity contribution >= 4 is 29.2 Å². The number of carbonyl (C=O) groups excluding carboxylic acids is 3. The second-order valence-corrected chi connectivity index (χ2v) is 10.4. The minimum atomic E-state index is -0.261. The van der Waals surface area contributed by atoms with E-state index < -0.39 is 0 Å². The summed E-state index contributed by atoms with van der Waals surface area (Å²) in [5.41, 5.74) is 12.0. The van der Waals surface area contributed by atoms with E-state index in [9.17, 15) is 14.4 Å². The average molecular weight is 483 g/mol. The van der Waals surface area contributed by atoms with Crippen LogP contribution in [0.2, 0.25) is 0 Å². The van der Waals surface area contributed by atoms with Gasteiger partial charge in [0, 0.05) is 49.2 Å². The van der Waals surface area contributed by atoms with Crippen molar-refractivity contribution in [3.05, 3.63) is 75.7 Å². The second kappa shape index (κ2) is 7.19. The highest BCUT2D eigenvalue weighted by atomic mass is 16.2. The first-order valence-corrected chi connectivity index (χ1v) is 12.2. The molecular weight excluding hydrogens is 456 g/mol. The van der Waals surface area contributed by atoms with Crippen LogP contribution in [-0.2, 0) is 24.4 Å². The van der Waals surface area contributed by atoms with Gasteiger partial charge in [0.25, 0.3) is 11.8 Å². The topological polar surface area (TPSA) is 122 Å². The Morgan fingerprint density at radius 3 is 2.72 bits per heavy atom. The zero-order chi connectivity index (χ0) is 24.9. The van der Waals surface area contributed by atoms with Crippen molar-refractivity contribution in [1.29, 1.82) is 0 Å². The zero-order valence-corrected chi connectivity index (χ0v) is 20.0. The number of rotatable bonds is 5. The molecule has 5 aliphatic rings. The summed E-state index contributed by atoms with van der Waals surface area (Å²) >= 11 is 0. The lowest BCUT2D eigenvalue weighted by molar-refractivity contribution is -0.128. The van der Waals surface area contributed by atoms with Gasteiger partial charge in [0.05, 0.1) is 5.56 Å². The Hall–Kier alpha value is -4.14. The van der Waals surface area contributed by atoms with E-state index in [-0.39, 0.29) is 17.7 Å². The van der Waals surface area contributed by atoms with Crippen molar-refractivity contribution in [3.8, 4) is 0 Å². The molecule has 9 nitrogen and oxygen atoms in total. The molecule has 36 heavy (non-hydrogen) atoms.